The summed E-state index contributed by atoms with van der Waals surface area (Å²) in [4.78, 5) is 13.1. The van der Waals surface area contributed by atoms with Gasteiger partial charge in [0, 0.05) is 22.0 Å². The highest BCUT2D eigenvalue weighted by Crippen LogP contribution is 2.29. The summed E-state index contributed by atoms with van der Waals surface area (Å²) in [6, 6.07) is 20.1. The average Bonchev–Trinajstić information content (AvgIpc) is 3.22. The van der Waals surface area contributed by atoms with Gasteiger partial charge in [-0.1, -0.05) is 40.9 Å². The Balaban J connectivity index is 1.57. The largest absolute Gasteiger partial charge is 0.494 e. The van der Waals surface area contributed by atoms with Crippen LogP contribution in [0.15, 0.2) is 82.8 Å². The number of carbonyl (C=O) groups is 1. The normalized spacial score (nSPS) is 11.6. The number of nitrogens with zero attached hydrogens (tertiary/aromatic N) is 3. The Hall–Kier alpha value is -3.79. The molecule has 0 atom stereocenters. The minimum absolute atomic E-state index is 0.0698. The highest BCUT2D eigenvalue weighted by Gasteiger charge is 2.27. The van der Waals surface area contributed by atoms with Gasteiger partial charge in [-0.25, -0.2) is 13.8 Å². The molecule has 1 amide bonds. The summed E-state index contributed by atoms with van der Waals surface area (Å²) in [5, 5.41) is 5.20. The molecule has 0 saturated heterocycles. The van der Waals surface area contributed by atoms with E-state index in [4.69, 9.17) is 27.9 Å². The lowest BCUT2D eigenvalue weighted by Crippen LogP contribution is -2.39. The lowest BCUT2D eigenvalue weighted by Gasteiger charge is -2.24. The van der Waals surface area contributed by atoms with Crippen LogP contribution in [0, 0.1) is 20.8 Å². The number of aryl methyl sites for hydroxylation is 2. The number of sulfonamides is 1. The second-order valence-electron chi connectivity index (χ2n) is 9.30. The van der Waals surface area contributed by atoms with E-state index in [2.05, 4.69) is 10.5 Å². The molecule has 8 nitrogen and oxygen atoms in total. The van der Waals surface area contributed by atoms with Crippen LogP contribution in [0.3, 0.4) is 0 Å². The van der Waals surface area contributed by atoms with Crippen molar-refractivity contribution in [1.82, 2.24) is 9.99 Å². The predicted molar refractivity (Wildman–Crippen MR) is 164 cm³/mol. The van der Waals surface area contributed by atoms with E-state index in [9.17, 15) is 13.2 Å². The molecule has 1 aromatic heterocycles. The fourth-order valence-electron chi connectivity index (χ4n) is 4.31. The number of hydrogen-bond acceptors (Lipinski definition) is 5. The van der Waals surface area contributed by atoms with Crippen LogP contribution in [-0.2, 0) is 14.8 Å². The molecule has 0 saturated carbocycles. The van der Waals surface area contributed by atoms with Crippen LogP contribution < -0.4 is 14.5 Å². The molecule has 0 spiro atoms. The zero-order valence-electron chi connectivity index (χ0n) is 23.1. The van der Waals surface area contributed by atoms with Gasteiger partial charge in [-0.2, -0.15) is 5.10 Å². The Morgan fingerprint density at radius 1 is 1.00 bits per heavy atom. The standard InChI is InChI=1S/C30H30Cl2N4O4S/c1-5-40-26-11-9-25(10-12-26)35(41(38,39)27-13-6-20(2)7-14-27)19-30(37)34-33-18-23-16-21(3)36(22(23)4)29-17-24(31)8-15-28(29)32/h6-18H,5,19H2,1-4H3,(H,34,37)/b33-18+. The molecule has 214 valence electrons. The van der Waals surface area contributed by atoms with Gasteiger partial charge < -0.3 is 9.30 Å². The van der Waals surface area contributed by atoms with Crippen molar-refractivity contribution in [3.63, 3.8) is 0 Å². The van der Waals surface area contributed by atoms with E-state index >= 15 is 0 Å². The molecule has 0 fully saturated rings. The van der Waals surface area contributed by atoms with Crippen LogP contribution >= 0.6 is 23.2 Å². The van der Waals surface area contributed by atoms with Crippen molar-refractivity contribution < 1.29 is 17.9 Å². The summed E-state index contributed by atoms with van der Waals surface area (Å²) in [6.07, 6.45) is 1.50. The summed E-state index contributed by atoms with van der Waals surface area (Å²) in [5.74, 6) is -0.0211. The van der Waals surface area contributed by atoms with Gasteiger partial charge in [0.05, 0.1) is 34.1 Å². The van der Waals surface area contributed by atoms with Gasteiger partial charge in [0.25, 0.3) is 15.9 Å². The molecular weight excluding hydrogens is 583 g/mol. The highest BCUT2D eigenvalue weighted by molar-refractivity contribution is 7.92. The third-order valence-electron chi connectivity index (χ3n) is 6.34. The number of anilines is 1. The number of halogens is 2. The third kappa shape index (κ3) is 6.93. The number of amides is 1. The molecule has 0 bridgehead atoms. The molecule has 0 aliphatic carbocycles. The number of aromatic nitrogens is 1. The number of hydrogen-bond donors (Lipinski definition) is 1. The monoisotopic (exact) mass is 612 g/mol. The third-order valence-corrected chi connectivity index (χ3v) is 8.69. The molecule has 0 radical (unpaired) electrons. The second kappa shape index (κ2) is 12.8. The number of rotatable bonds is 10. The number of hydrazone groups is 1. The smallest absolute Gasteiger partial charge is 0.264 e. The van der Waals surface area contributed by atoms with Crippen molar-refractivity contribution in [3.8, 4) is 11.4 Å². The maximum atomic E-state index is 13.6. The number of benzene rings is 3. The number of ether oxygens (including phenoxy) is 1. The van der Waals surface area contributed by atoms with E-state index < -0.39 is 22.5 Å². The summed E-state index contributed by atoms with van der Waals surface area (Å²) in [5.41, 5.74) is 6.89. The minimum atomic E-state index is -4.06. The van der Waals surface area contributed by atoms with Crippen molar-refractivity contribution in [1.29, 1.82) is 0 Å². The predicted octanol–water partition coefficient (Wildman–Crippen LogP) is 6.45. The summed E-state index contributed by atoms with van der Waals surface area (Å²) in [7, 11) is -4.06. The van der Waals surface area contributed by atoms with Crippen LogP contribution in [0.25, 0.3) is 5.69 Å². The number of carbonyl (C=O) groups excluding carboxylic acids is 1. The summed E-state index contributed by atoms with van der Waals surface area (Å²) >= 11 is 12.6. The van der Waals surface area contributed by atoms with E-state index in [0.717, 1.165) is 32.5 Å². The van der Waals surface area contributed by atoms with E-state index in [1.54, 1.807) is 54.6 Å². The van der Waals surface area contributed by atoms with Crippen molar-refractivity contribution in [2.45, 2.75) is 32.6 Å². The van der Waals surface area contributed by atoms with Crippen LogP contribution in [-0.4, -0.2) is 38.3 Å². The maximum absolute atomic E-state index is 13.6. The van der Waals surface area contributed by atoms with Crippen molar-refractivity contribution in [3.05, 3.63) is 105 Å². The Bertz CT molecular complexity index is 1680. The Morgan fingerprint density at radius 2 is 1.68 bits per heavy atom. The SMILES string of the molecule is CCOc1ccc(N(CC(=O)N/N=C/c2cc(C)n(-c3cc(Cl)ccc3Cl)c2C)S(=O)(=O)c2ccc(C)cc2)cc1. The van der Waals surface area contributed by atoms with E-state index in [0.29, 0.717) is 28.1 Å². The molecule has 0 unspecified atom stereocenters. The van der Waals surface area contributed by atoms with Gasteiger partial charge in [0.15, 0.2) is 0 Å². The molecule has 4 aromatic rings. The van der Waals surface area contributed by atoms with Crippen LogP contribution in [0.2, 0.25) is 10.0 Å². The molecule has 1 N–H and O–H groups in total. The Labute approximate surface area is 250 Å². The fourth-order valence-corrected chi connectivity index (χ4v) is 6.10. The van der Waals surface area contributed by atoms with Crippen molar-refractivity contribution >= 4 is 51.0 Å². The van der Waals surface area contributed by atoms with Gasteiger partial charge >= 0.3 is 0 Å². The van der Waals surface area contributed by atoms with Gasteiger partial charge in [-0.15, -0.1) is 0 Å². The summed E-state index contributed by atoms with van der Waals surface area (Å²) < 4.78 is 35.7. The number of nitrogens with one attached hydrogen (secondary N) is 1. The van der Waals surface area contributed by atoms with E-state index in [1.807, 2.05) is 38.3 Å². The Morgan fingerprint density at radius 3 is 2.34 bits per heavy atom. The quantitative estimate of drug-likeness (QED) is 0.164. The molecule has 0 aliphatic heterocycles. The van der Waals surface area contributed by atoms with Crippen LogP contribution in [0.4, 0.5) is 5.69 Å². The molecule has 0 aliphatic rings. The second-order valence-corrected chi connectivity index (χ2v) is 12.0. The van der Waals surface area contributed by atoms with Crippen molar-refractivity contribution in [2.75, 3.05) is 17.5 Å². The lowest BCUT2D eigenvalue weighted by molar-refractivity contribution is -0.119. The van der Waals surface area contributed by atoms with Crippen LogP contribution in [0.5, 0.6) is 5.75 Å². The zero-order chi connectivity index (χ0) is 29.7. The summed E-state index contributed by atoms with van der Waals surface area (Å²) in [6.45, 7) is 7.53. The molecule has 4 rings (SSSR count). The van der Waals surface area contributed by atoms with E-state index in [-0.39, 0.29) is 4.90 Å². The first-order valence-corrected chi connectivity index (χ1v) is 15.0. The van der Waals surface area contributed by atoms with Gasteiger partial charge in [0.1, 0.15) is 12.3 Å². The van der Waals surface area contributed by atoms with Gasteiger partial charge in [0.2, 0.25) is 0 Å². The lowest BCUT2D eigenvalue weighted by atomic mass is 10.2. The molecule has 1 heterocycles. The average molecular weight is 614 g/mol. The first-order chi connectivity index (χ1) is 19.5. The van der Waals surface area contributed by atoms with Gasteiger partial charge in [-0.05, 0) is 88.4 Å². The minimum Gasteiger partial charge on any atom is -0.494 e. The molecule has 41 heavy (non-hydrogen) atoms. The van der Waals surface area contributed by atoms with Gasteiger partial charge in [-0.3, -0.25) is 9.10 Å². The van der Waals surface area contributed by atoms with Crippen molar-refractivity contribution in [2.24, 2.45) is 5.10 Å². The first-order valence-electron chi connectivity index (χ1n) is 12.8. The topological polar surface area (TPSA) is 93.0 Å². The van der Waals surface area contributed by atoms with Crippen LogP contribution in [0.1, 0.15) is 29.4 Å². The molecular formula is C30H30Cl2N4O4S. The highest BCUT2D eigenvalue weighted by atomic mass is 35.5. The first kappa shape index (κ1) is 30.2. The molecule has 3 aromatic carbocycles. The Kier molecular flexibility index (Phi) is 9.42. The fraction of sp³-hybridized carbons (Fsp3) is 0.200. The zero-order valence-corrected chi connectivity index (χ0v) is 25.4. The van der Waals surface area contributed by atoms with E-state index in [1.165, 1.54) is 18.3 Å². The maximum Gasteiger partial charge on any atom is 0.264 e. The molecule has 11 heteroatoms.